The summed E-state index contributed by atoms with van der Waals surface area (Å²) < 4.78 is 14.9. The molecule has 0 fully saturated rings. The molecule has 0 spiro atoms. The van der Waals surface area contributed by atoms with Crippen molar-refractivity contribution >= 4 is 39.2 Å². The number of thiophene rings is 1. The molecule has 0 aliphatic rings. The zero-order valence-corrected chi connectivity index (χ0v) is 16.0. The highest BCUT2D eigenvalue weighted by atomic mass is 32.2. The zero-order valence-electron chi connectivity index (χ0n) is 14.4. The van der Waals surface area contributed by atoms with Crippen molar-refractivity contribution < 1.29 is 9.18 Å². The Bertz CT molecular complexity index is 1030. The van der Waals surface area contributed by atoms with E-state index in [-0.39, 0.29) is 23.7 Å². The molecule has 26 heavy (non-hydrogen) atoms. The number of hydrogen-bond donors (Lipinski definition) is 1. The van der Waals surface area contributed by atoms with Crippen molar-refractivity contribution in [2.75, 3.05) is 5.75 Å². The van der Waals surface area contributed by atoms with Crippen LogP contribution in [0.15, 0.2) is 34.2 Å². The van der Waals surface area contributed by atoms with Gasteiger partial charge in [0.15, 0.2) is 5.16 Å². The van der Waals surface area contributed by atoms with Crippen molar-refractivity contribution in [3.8, 4) is 11.1 Å². The lowest BCUT2D eigenvalue weighted by Crippen LogP contribution is -2.22. The molecule has 3 rings (SSSR count). The predicted molar refractivity (Wildman–Crippen MR) is 104 cm³/mol. The third-order valence-corrected chi connectivity index (χ3v) is 5.96. The van der Waals surface area contributed by atoms with Crippen molar-refractivity contribution in [2.45, 2.75) is 32.0 Å². The molecule has 2 heterocycles. The summed E-state index contributed by atoms with van der Waals surface area (Å²) in [4.78, 5) is 30.3. The van der Waals surface area contributed by atoms with Crippen LogP contribution in [-0.4, -0.2) is 21.2 Å². The van der Waals surface area contributed by atoms with Crippen molar-refractivity contribution in [1.82, 2.24) is 9.55 Å². The SMILES string of the molecule is CCn1c(SCCC(N)=O)nc2sc(C)c(-c3ccc(F)cc3)c2c1=O. The molecule has 0 bridgehead atoms. The van der Waals surface area contributed by atoms with Crippen LogP contribution < -0.4 is 11.3 Å². The molecule has 2 N–H and O–H groups in total. The van der Waals surface area contributed by atoms with Crippen LogP contribution in [0.4, 0.5) is 4.39 Å². The summed E-state index contributed by atoms with van der Waals surface area (Å²) >= 11 is 2.79. The minimum Gasteiger partial charge on any atom is -0.370 e. The van der Waals surface area contributed by atoms with Crippen LogP contribution in [0.1, 0.15) is 18.2 Å². The van der Waals surface area contributed by atoms with Crippen LogP contribution in [0.25, 0.3) is 21.3 Å². The van der Waals surface area contributed by atoms with E-state index in [1.54, 1.807) is 16.7 Å². The van der Waals surface area contributed by atoms with Gasteiger partial charge in [-0.05, 0) is 31.5 Å². The summed E-state index contributed by atoms with van der Waals surface area (Å²) in [6, 6.07) is 6.13. The lowest BCUT2D eigenvalue weighted by Gasteiger charge is -2.10. The highest BCUT2D eigenvalue weighted by molar-refractivity contribution is 7.99. The van der Waals surface area contributed by atoms with E-state index >= 15 is 0 Å². The quantitative estimate of drug-likeness (QED) is 0.515. The van der Waals surface area contributed by atoms with E-state index in [0.717, 1.165) is 16.0 Å². The molecular formula is C18H18FN3O2S2. The first kappa shape index (κ1) is 18.6. The maximum atomic E-state index is 13.3. The number of nitrogens with two attached hydrogens (primary N) is 1. The number of thioether (sulfide) groups is 1. The second-order valence-electron chi connectivity index (χ2n) is 5.73. The van der Waals surface area contributed by atoms with Crippen LogP contribution in [0.5, 0.6) is 0 Å². The number of hydrogen-bond acceptors (Lipinski definition) is 5. The van der Waals surface area contributed by atoms with Crippen LogP contribution in [0.2, 0.25) is 0 Å². The molecule has 0 radical (unpaired) electrons. The Balaban J connectivity index is 2.15. The number of carbonyl (C=O) groups is 1. The van der Waals surface area contributed by atoms with E-state index < -0.39 is 0 Å². The molecule has 0 unspecified atom stereocenters. The van der Waals surface area contributed by atoms with Crippen LogP contribution in [0, 0.1) is 12.7 Å². The molecular weight excluding hydrogens is 373 g/mol. The molecule has 0 aliphatic heterocycles. The lowest BCUT2D eigenvalue weighted by molar-refractivity contribution is -0.117. The van der Waals surface area contributed by atoms with Crippen LogP contribution in [0.3, 0.4) is 0 Å². The third kappa shape index (κ3) is 3.52. The van der Waals surface area contributed by atoms with Crippen molar-refractivity contribution in [2.24, 2.45) is 5.73 Å². The maximum absolute atomic E-state index is 13.3. The Morgan fingerprint density at radius 1 is 1.35 bits per heavy atom. The van der Waals surface area contributed by atoms with E-state index in [4.69, 9.17) is 5.73 Å². The first-order valence-corrected chi connectivity index (χ1v) is 9.93. The lowest BCUT2D eigenvalue weighted by atomic mass is 10.0. The van der Waals surface area contributed by atoms with Gasteiger partial charge in [0.05, 0.1) is 5.39 Å². The van der Waals surface area contributed by atoms with E-state index in [0.29, 0.717) is 27.7 Å². The number of primary amides is 1. The number of carbonyl (C=O) groups excluding carboxylic acids is 1. The Morgan fingerprint density at radius 3 is 2.65 bits per heavy atom. The van der Waals surface area contributed by atoms with Gasteiger partial charge >= 0.3 is 0 Å². The molecule has 0 atom stereocenters. The average Bonchev–Trinajstić information content (AvgIpc) is 2.92. The number of aryl methyl sites for hydroxylation is 1. The molecule has 136 valence electrons. The molecule has 0 aliphatic carbocycles. The van der Waals surface area contributed by atoms with Crippen molar-refractivity contribution in [3.63, 3.8) is 0 Å². The number of nitrogens with zero attached hydrogens (tertiary/aromatic N) is 2. The first-order chi connectivity index (χ1) is 12.4. The summed E-state index contributed by atoms with van der Waals surface area (Å²) in [7, 11) is 0. The normalized spacial score (nSPS) is 11.2. The number of benzene rings is 1. The summed E-state index contributed by atoms with van der Waals surface area (Å²) in [5, 5.41) is 1.14. The minimum atomic E-state index is -0.380. The Labute approximate surface area is 158 Å². The Hall–Kier alpha value is -2.19. The molecule has 3 aromatic rings. The highest BCUT2D eigenvalue weighted by Crippen LogP contribution is 2.36. The predicted octanol–water partition coefficient (Wildman–Crippen LogP) is 3.56. The average molecular weight is 391 g/mol. The molecule has 0 saturated heterocycles. The fourth-order valence-corrected chi connectivity index (χ4v) is 4.88. The fraction of sp³-hybridized carbons (Fsp3) is 0.278. The highest BCUT2D eigenvalue weighted by Gasteiger charge is 2.19. The molecule has 0 saturated carbocycles. The van der Waals surface area contributed by atoms with Gasteiger partial charge in [0.2, 0.25) is 5.91 Å². The number of amides is 1. The van der Waals surface area contributed by atoms with E-state index in [1.165, 1.54) is 35.2 Å². The fourth-order valence-electron chi connectivity index (χ4n) is 2.77. The number of aromatic nitrogens is 2. The van der Waals surface area contributed by atoms with Gasteiger partial charge in [-0.1, -0.05) is 23.9 Å². The zero-order chi connectivity index (χ0) is 18.8. The van der Waals surface area contributed by atoms with E-state index in [1.807, 2.05) is 13.8 Å². The molecule has 1 amide bonds. The van der Waals surface area contributed by atoms with Crippen molar-refractivity contribution in [3.05, 3.63) is 45.3 Å². The second-order valence-corrected chi connectivity index (χ2v) is 7.99. The third-order valence-electron chi connectivity index (χ3n) is 3.98. The van der Waals surface area contributed by atoms with Gasteiger partial charge in [-0.15, -0.1) is 11.3 Å². The van der Waals surface area contributed by atoms with E-state index in [2.05, 4.69) is 4.98 Å². The van der Waals surface area contributed by atoms with E-state index in [9.17, 15) is 14.0 Å². The molecule has 2 aromatic heterocycles. The Morgan fingerprint density at radius 2 is 2.04 bits per heavy atom. The summed E-state index contributed by atoms with van der Waals surface area (Å²) in [5.41, 5.74) is 6.66. The molecule has 5 nitrogen and oxygen atoms in total. The van der Waals surface area contributed by atoms with Gasteiger partial charge < -0.3 is 5.73 Å². The monoisotopic (exact) mass is 391 g/mol. The largest absolute Gasteiger partial charge is 0.370 e. The van der Waals surface area contributed by atoms with Gasteiger partial charge in [0.1, 0.15) is 10.6 Å². The summed E-state index contributed by atoms with van der Waals surface area (Å²) in [6.45, 7) is 4.28. The van der Waals surface area contributed by atoms with Gasteiger partial charge in [-0.3, -0.25) is 14.2 Å². The van der Waals surface area contributed by atoms with Gasteiger partial charge in [-0.2, -0.15) is 0 Å². The smallest absolute Gasteiger partial charge is 0.263 e. The molecule has 1 aromatic carbocycles. The van der Waals surface area contributed by atoms with Gasteiger partial charge in [0.25, 0.3) is 5.56 Å². The number of halogens is 1. The minimum absolute atomic E-state index is 0.122. The van der Waals surface area contributed by atoms with Crippen LogP contribution >= 0.6 is 23.1 Å². The number of rotatable bonds is 6. The van der Waals surface area contributed by atoms with Crippen molar-refractivity contribution in [1.29, 1.82) is 0 Å². The summed E-state index contributed by atoms with van der Waals surface area (Å²) in [6.07, 6.45) is 0.229. The Kier molecular flexibility index (Phi) is 5.43. The maximum Gasteiger partial charge on any atom is 0.263 e. The van der Waals surface area contributed by atoms with Gasteiger partial charge in [0, 0.05) is 29.2 Å². The van der Waals surface area contributed by atoms with Crippen LogP contribution in [-0.2, 0) is 11.3 Å². The standard InChI is InChI=1S/C18H18FN3O2S2/c1-3-22-17(24)15-14(11-4-6-12(19)7-5-11)10(2)26-16(15)21-18(22)25-9-8-13(20)23/h4-7H,3,8-9H2,1-2H3,(H2,20,23). The number of fused-ring (bicyclic) bond motifs is 1. The summed E-state index contributed by atoms with van der Waals surface area (Å²) in [5.74, 6) is -0.222. The second kappa shape index (κ2) is 7.59. The molecule has 8 heteroatoms. The topological polar surface area (TPSA) is 78.0 Å². The first-order valence-electron chi connectivity index (χ1n) is 8.13. The van der Waals surface area contributed by atoms with Gasteiger partial charge in [-0.25, -0.2) is 9.37 Å².